The molecule has 1 aromatic heterocycles. The Hall–Kier alpha value is -2.16. The summed E-state index contributed by atoms with van der Waals surface area (Å²) in [4.78, 5) is 27.8. The van der Waals surface area contributed by atoms with E-state index >= 15 is 0 Å². The van der Waals surface area contributed by atoms with E-state index in [1.54, 1.807) is 11.2 Å². The van der Waals surface area contributed by atoms with E-state index in [9.17, 15) is 19.8 Å². The number of nitrogens with zero attached hydrogens (tertiary/aromatic N) is 2. The smallest absolute Gasteiger partial charge is 0.407 e. The first kappa shape index (κ1) is 27.0. The number of allylic oxidation sites excluding steroid dienone is 1. The molecule has 1 amide bonds. The van der Waals surface area contributed by atoms with Gasteiger partial charge in [0, 0.05) is 37.7 Å². The normalized spacial score (nSPS) is 40.2. The van der Waals surface area contributed by atoms with Crippen molar-refractivity contribution in [2.45, 2.75) is 82.8 Å². The van der Waals surface area contributed by atoms with Gasteiger partial charge in [0.25, 0.3) is 0 Å². The molecule has 4 fully saturated rings. The fraction of sp³-hybridized carbons (Fsp3) is 0.742. The maximum atomic E-state index is 12.5. The van der Waals surface area contributed by atoms with Gasteiger partial charge in [-0.3, -0.25) is 4.90 Å². The average Bonchev–Trinajstić information content (AvgIpc) is 3.21. The summed E-state index contributed by atoms with van der Waals surface area (Å²) in [5, 5.41) is 22.6. The third-order valence-corrected chi connectivity index (χ3v) is 11.8. The molecule has 3 saturated carbocycles. The van der Waals surface area contributed by atoms with Crippen LogP contribution in [0.1, 0.15) is 76.7 Å². The molecule has 1 saturated heterocycles. The lowest BCUT2D eigenvalue weighted by atomic mass is 9.45. The molecule has 0 radical (unpaired) electrons. The van der Waals surface area contributed by atoms with Crippen LogP contribution in [0.5, 0.6) is 0 Å². The van der Waals surface area contributed by atoms with Crippen molar-refractivity contribution in [3.8, 4) is 0 Å². The van der Waals surface area contributed by atoms with Crippen LogP contribution in [0.2, 0.25) is 0 Å². The zero-order valence-corrected chi connectivity index (χ0v) is 23.4. The predicted octanol–water partition coefficient (Wildman–Crippen LogP) is 4.48. The summed E-state index contributed by atoms with van der Waals surface area (Å²) in [5.74, 6) is 0.812. The second kappa shape index (κ2) is 10.0. The van der Waals surface area contributed by atoms with Gasteiger partial charge in [-0.25, -0.2) is 9.59 Å². The van der Waals surface area contributed by atoms with Gasteiger partial charge >= 0.3 is 11.7 Å². The van der Waals surface area contributed by atoms with Crippen LogP contribution >= 0.6 is 0 Å². The molecule has 0 unspecified atom stereocenters. The van der Waals surface area contributed by atoms with Gasteiger partial charge < -0.3 is 24.3 Å². The summed E-state index contributed by atoms with van der Waals surface area (Å²) in [6.07, 6.45) is 10.4. The Morgan fingerprint density at radius 3 is 2.59 bits per heavy atom. The van der Waals surface area contributed by atoms with Crippen molar-refractivity contribution in [2.75, 3.05) is 39.4 Å². The maximum Gasteiger partial charge on any atom is 0.407 e. The molecule has 8 heteroatoms. The molecular formula is C31H44N2O6. The van der Waals surface area contributed by atoms with E-state index in [4.69, 9.17) is 9.15 Å². The van der Waals surface area contributed by atoms with Gasteiger partial charge in [-0.05, 0) is 86.2 Å². The third kappa shape index (κ3) is 4.38. The molecular weight excluding hydrogens is 496 g/mol. The van der Waals surface area contributed by atoms with Crippen molar-refractivity contribution in [2.24, 2.45) is 22.7 Å². The number of fused-ring (bicyclic) bond motifs is 5. The largest absolute Gasteiger partial charge is 0.465 e. The molecule has 1 aliphatic heterocycles. The van der Waals surface area contributed by atoms with Crippen LogP contribution in [0.15, 0.2) is 39.3 Å². The standard InChI is InChI=1S/C31H44N2O6/c1-29-10-7-23(33(28(35)36)14-13-32-15-17-38-18-16-32)19-22(29)4-5-26-25(29)8-11-30(2)24(9-12-31(26,30)37)21-3-6-27(34)39-20-21/h3,6,19-20,23-26,37H,4-5,7-18H2,1-2H3,(H,35,36)/t23-,24+,25-,26+,29-,30+,31-/m0/s1. The molecule has 214 valence electrons. The molecule has 39 heavy (non-hydrogen) atoms. The van der Waals surface area contributed by atoms with Crippen LogP contribution < -0.4 is 5.63 Å². The lowest BCUT2D eigenvalue weighted by Gasteiger charge is -2.62. The second-order valence-corrected chi connectivity index (χ2v) is 13.3. The number of rotatable bonds is 5. The monoisotopic (exact) mass is 540 g/mol. The predicted molar refractivity (Wildman–Crippen MR) is 147 cm³/mol. The SMILES string of the molecule is C[C@]12CC[C@H](N(CCN3CCOCC3)C(=O)O)C=C1CC[C@@H]1[C@@H]2CC[C@]2(C)[C@@H](c3ccc(=O)oc3)CC[C@]12O. The minimum absolute atomic E-state index is 0.00246. The van der Waals surface area contributed by atoms with E-state index in [0.717, 1.165) is 89.8 Å². The highest BCUT2D eigenvalue weighted by molar-refractivity contribution is 5.66. The first-order valence-electron chi connectivity index (χ1n) is 15.0. The Balaban J connectivity index is 1.21. The summed E-state index contributed by atoms with van der Waals surface area (Å²) in [6.45, 7) is 9.07. The van der Waals surface area contributed by atoms with Gasteiger partial charge in [-0.2, -0.15) is 0 Å². The minimum atomic E-state index is -0.834. The fourth-order valence-corrected chi connectivity index (χ4v) is 9.50. The van der Waals surface area contributed by atoms with Gasteiger partial charge in [-0.15, -0.1) is 0 Å². The molecule has 5 aliphatic rings. The Kier molecular flexibility index (Phi) is 6.96. The summed E-state index contributed by atoms with van der Waals surface area (Å²) in [5.41, 5.74) is 1.11. The highest BCUT2D eigenvalue weighted by Gasteiger charge is 2.66. The molecule has 0 bridgehead atoms. The van der Waals surface area contributed by atoms with E-state index < -0.39 is 11.7 Å². The number of carbonyl (C=O) groups is 1. The second-order valence-electron chi connectivity index (χ2n) is 13.3. The Morgan fingerprint density at radius 1 is 1.08 bits per heavy atom. The molecule has 0 spiro atoms. The number of carboxylic acid groups (broad SMARTS) is 1. The van der Waals surface area contributed by atoms with Gasteiger partial charge in [0.1, 0.15) is 0 Å². The highest BCUT2D eigenvalue weighted by atomic mass is 16.5. The molecule has 6 rings (SSSR count). The summed E-state index contributed by atoms with van der Waals surface area (Å²) in [7, 11) is 0. The first-order valence-corrected chi connectivity index (χ1v) is 15.0. The van der Waals surface area contributed by atoms with Gasteiger partial charge in [0.2, 0.25) is 0 Å². The highest BCUT2D eigenvalue weighted by Crippen LogP contribution is 2.70. The van der Waals surface area contributed by atoms with E-state index in [2.05, 4.69) is 24.8 Å². The average molecular weight is 541 g/mol. The van der Waals surface area contributed by atoms with Crippen molar-refractivity contribution >= 4 is 6.09 Å². The van der Waals surface area contributed by atoms with Crippen LogP contribution in [0.25, 0.3) is 0 Å². The lowest BCUT2D eigenvalue weighted by molar-refractivity contribution is -0.177. The lowest BCUT2D eigenvalue weighted by Crippen LogP contribution is -2.60. The molecule has 4 aliphatic carbocycles. The number of amides is 1. The number of ether oxygens (including phenoxy) is 1. The number of aliphatic hydroxyl groups is 1. The Labute approximate surface area is 231 Å². The molecule has 2 N–H and O–H groups in total. The van der Waals surface area contributed by atoms with Gasteiger partial charge in [0.05, 0.1) is 31.1 Å². The van der Waals surface area contributed by atoms with Gasteiger partial charge in [-0.1, -0.05) is 25.5 Å². The van der Waals surface area contributed by atoms with E-state index in [1.165, 1.54) is 11.6 Å². The molecule has 8 nitrogen and oxygen atoms in total. The van der Waals surface area contributed by atoms with E-state index in [0.29, 0.717) is 12.5 Å². The van der Waals surface area contributed by atoms with Crippen molar-refractivity contribution in [1.82, 2.24) is 9.80 Å². The topological polar surface area (TPSA) is 103 Å². The third-order valence-electron chi connectivity index (χ3n) is 11.8. The zero-order valence-electron chi connectivity index (χ0n) is 23.4. The summed E-state index contributed by atoms with van der Waals surface area (Å²) < 4.78 is 10.7. The summed E-state index contributed by atoms with van der Waals surface area (Å²) >= 11 is 0. The van der Waals surface area contributed by atoms with Crippen LogP contribution in [0.3, 0.4) is 0 Å². The Bertz CT molecular complexity index is 1160. The van der Waals surface area contributed by atoms with Crippen molar-refractivity contribution in [3.05, 3.63) is 46.0 Å². The summed E-state index contributed by atoms with van der Waals surface area (Å²) in [6, 6.07) is 3.31. The van der Waals surface area contributed by atoms with Gasteiger partial charge in [0.15, 0.2) is 0 Å². The van der Waals surface area contributed by atoms with Crippen molar-refractivity contribution in [1.29, 1.82) is 0 Å². The van der Waals surface area contributed by atoms with Crippen LogP contribution in [-0.2, 0) is 4.74 Å². The molecule has 7 atom stereocenters. The minimum Gasteiger partial charge on any atom is -0.465 e. The van der Waals surface area contributed by atoms with Crippen molar-refractivity contribution < 1.29 is 24.2 Å². The quantitative estimate of drug-likeness (QED) is 0.531. The first-order chi connectivity index (χ1) is 18.7. The Morgan fingerprint density at radius 2 is 1.87 bits per heavy atom. The molecule has 0 aromatic carbocycles. The van der Waals surface area contributed by atoms with Crippen molar-refractivity contribution in [3.63, 3.8) is 0 Å². The molecule has 2 heterocycles. The number of hydrogen-bond donors (Lipinski definition) is 2. The van der Waals surface area contributed by atoms with Crippen LogP contribution in [0, 0.1) is 22.7 Å². The fourth-order valence-electron chi connectivity index (χ4n) is 9.50. The zero-order chi connectivity index (χ0) is 27.4. The van der Waals surface area contributed by atoms with Crippen LogP contribution in [0.4, 0.5) is 4.79 Å². The molecule has 1 aromatic rings. The maximum absolute atomic E-state index is 12.5. The van der Waals surface area contributed by atoms with E-state index in [1.807, 2.05) is 6.07 Å². The number of morpholine rings is 1. The number of hydrogen-bond acceptors (Lipinski definition) is 6. The van der Waals surface area contributed by atoms with Crippen LogP contribution in [-0.4, -0.2) is 77.1 Å². The van der Waals surface area contributed by atoms with E-state index in [-0.39, 0.29) is 34.3 Å².